The highest BCUT2D eigenvalue weighted by Crippen LogP contribution is 2.29. The Morgan fingerprint density at radius 2 is 2.00 bits per heavy atom. The van der Waals surface area contributed by atoms with Crippen LogP contribution in [0.4, 0.5) is 0 Å². The highest BCUT2D eigenvalue weighted by Gasteiger charge is 2.30. The number of rotatable bonds is 5. The topological polar surface area (TPSA) is 89.4 Å². The SMILES string of the molecule is Cc1nc(CN(C)S(=O)(=O)c2c(C)oc(C)c2CN)cs1. The molecule has 116 valence electrons. The lowest BCUT2D eigenvalue weighted by molar-refractivity contribution is 0.456. The largest absolute Gasteiger partial charge is 0.465 e. The van der Waals surface area contributed by atoms with Crippen molar-refractivity contribution >= 4 is 21.4 Å². The van der Waals surface area contributed by atoms with Crippen LogP contribution in [0.25, 0.3) is 0 Å². The molecule has 2 aromatic rings. The minimum absolute atomic E-state index is 0.126. The van der Waals surface area contributed by atoms with E-state index in [0.717, 1.165) is 10.7 Å². The van der Waals surface area contributed by atoms with Gasteiger partial charge in [-0.25, -0.2) is 13.4 Å². The molecule has 2 N–H and O–H groups in total. The van der Waals surface area contributed by atoms with Crippen LogP contribution < -0.4 is 5.73 Å². The van der Waals surface area contributed by atoms with Gasteiger partial charge >= 0.3 is 0 Å². The second-order valence-corrected chi connectivity index (χ2v) is 7.89. The number of aryl methyl sites for hydroxylation is 3. The second kappa shape index (κ2) is 5.88. The van der Waals surface area contributed by atoms with Crippen LogP contribution in [-0.2, 0) is 23.1 Å². The van der Waals surface area contributed by atoms with E-state index in [0.29, 0.717) is 17.1 Å². The minimum atomic E-state index is -3.66. The summed E-state index contributed by atoms with van der Waals surface area (Å²) in [4.78, 5) is 4.47. The monoisotopic (exact) mass is 329 g/mol. The Balaban J connectivity index is 2.37. The molecule has 0 amide bonds. The van der Waals surface area contributed by atoms with Gasteiger partial charge in [0.15, 0.2) is 0 Å². The maximum Gasteiger partial charge on any atom is 0.246 e. The van der Waals surface area contributed by atoms with Crippen LogP contribution in [-0.4, -0.2) is 24.8 Å². The second-order valence-electron chi connectivity index (χ2n) is 4.85. The van der Waals surface area contributed by atoms with Crippen molar-refractivity contribution < 1.29 is 12.8 Å². The summed E-state index contributed by atoms with van der Waals surface area (Å²) < 4.78 is 32.2. The molecule has 0 aromatic carbocycles. The van der Waals surface area contributed by atoms with Crippen molar-refractivity contribution in [2.24, 2.45) is 5.73 Å². The van der Waals surface area contributed by atoms with Gasteiger partial charge in [0.2, 0.25) is 10.0 Å². The molecule has 2 aromatic heterocycles. The first-order valence-electron chi connectivity index (χ1n) is 6.43. The Bertz CT molecular complexity index is 747. The van der Waals surface area contributed by atoms with E-state index in [1.54, 1.807) is 13.8 Å². The first-order valence-corrected chi connectivity index (χ1v) is 8.75. The molecule has 0 saturated heterocycles. The van der Waals surface area contributed by atoms with Crippen LogP contribution in [0.2, 0.25) is 0 Å². The third-order valence-electron chi connectivity index (χ3n) is 3.25. The molecule has 8 heteroatoms. The summed E-state index contributed by atoms with van der Waals surface area (Å²) in [6, 6.07) is 0. The number of nitrogens with zero attached hydrogens (tertiary/aromatic N) is 2. The van der Waals surface area contributed by atoms with Crippen molar-refractivity contribution in [1.29, 1.82) is 0 Å². The Labute approximate surface area is 128 Å². The van der Waals surface area contributed by atoms with Crippen molar-refractivity contribution in [3.05, 3.63) is 33.2 Å². The molecule has 0 aliphatic carbocycles. The molecule has 0 spiro atoms. The van der Waals surface area contributed by atoms with Gasteiger partial charge < -0.3 is 10.2 Å². The van der Waals surface area contributed by atoms with E-state index < -0.39 is 10.0 Å². The molecule has 0 bridgehead atoms. The average molecular weight is 329 g/mol. The first kappa shape index (κ1) is 16.2. The fraction of sp³-hybridized carbons (Fsp3) is 0.462. The van der Waals surface area contributed by atoms with E-state index in [9.17, 15) is 8.42 Å². The number of thiazole rings is 1. The van der Waals surface area contributed by atoms with Crippen LogP contribution in [0.5, 0.6) is 0 Å². The molecular weight excluding hydrogens is 310 g/mol. The highest BCUT2D eigenvalue weighted by atomic mass is 32.2. The highest BCUT2D eigenvalue weighted by molar-refractivity contribution is 7.89. The van der Waals surface area contributed by atoms with Gasteiger partial charge in [-0.05, 0) is 20.8 Å². The summed E-state index contributed by atoms with van der Waals surface area (Å²) in [5.41, 5.74) is 6.93. The molecule has 0 atom stereocenters. The zero-order valence-electron chi connectivity index (χ0n) is 12.5. The van der Waals surface area contributed by atoms with E-state index in [2.05, 4.69) is 4.98 Å². The lowest BCUT2D eigenvalue weighted by Gasteiger charge is -2.16. The normalized spacial score (nSPS) is 12.3. The predicted octanol–water partition coefficient (Wildman–Crippen LogP) is 1.94. The van der Waals surface area contributed by atoms with Crippen molar-refractivity contribution in [2.45, 2.75) is 38.8 Å². The zero-order chi connectivity index (χ0) is 15.8. The van der Waals surface area contributed by atoms with Gasteiger partial charge in [0.05, 0.1) is 17.2 Å². The maximum atomic E-state index is 12.7. The number of hydrogen-bond donors (Lipinski definition) is 1. The smallest absolute Gasteiger partial charge is 0.246 e. The van der Waals surface area contributed by atoms with Crippen LogP contribution in [0.3, 0.4) is 0 Å². The number of nitrogens with two attached hydrogens (primary N) is 1. The molecule has 0 aliphatic rings. The molecule has 21 heavy (non-hydrogen) atoms. The van der Waals surface area contributed by atoms with Crippen molar-refractivity contribution in [3.63, 3.8) is 0 Å². The van der Waals surface area contributed by atoms with Crippen molar-refractivity contribution in [3.8, 4) is 0 Å². The quantitative estimate of drug-likeness (QED) is 0.905. The fourth-order valence-corrected chi connectivity index (χ4v) is 4.39. The van der Waals surface area contributed by atoms with Gasteiger partial charge in [-0.3, -0.25) is 0 Å². The summed E-state index contributed by atoms with van der Waals surface area (Å²) in [7, 11) is -2.12. The first-order chi connectivity index (χ1) is 9.77. The summed E-state index contributed by atoms with van der Waals surface area (Å²) in [6.45, 7) is 5.60. The summed E-state index contributed by atoms with van der Waals surface area (Å²) in [5, 5.41) is 2.77. The average Bonchev–Trinajstić information content (AvgIpc) is 2.92. The van der Waals surface area contributed by atoms with Gasteiger partial charge in [-0.2, -0.15) is 4.31 Å². The molecule has 0 radical (unpaired) electrons. The fourth-order valence-electron chi connectivity index (χ4n) is 2.23. The molecule has 2 heterocycles. The van der Waals surface area contributed by atoms with Crippen LogP contribution in [0, 0.1) is 20.8 Å². The Hall–Kier alpha value is -1.22. The molecule has 2 rings (SSSR count). The van der Waals surface area contributed by atoms with Gasteiger partial charge in [0.25, 0.3) is 0 Å². The van der Waals surface area contributed by atoms with E-state index in [1.165, 1.54) is 22.7 Å². The van der Waals surface area contributed by atoms with E-state index in [1.807, 2.05) is 12.3 Å². The summed E-state index contributed by atoms with van der Waals surface area (Å²) >= 11 is 1.50. The van der Waals surface area contributed by atoms with Crippen molar-refractivity contribution in [2.75, 3.05) is 7.05 Å². The third-order valence-corrected chi connectivity index (χ3v) is 6.07. The minimum Gasteiger partial charge on any atom is -0.465 e. The Morgan fingerprint density at radius 3 is 2.52 bits per heavy atom. The van der Waals surface area contributed by atoms with Crippen LogP contribution in [0.15, 0.2) is 14.7 Å². The number of aromatic nitrogens is 1. The summed E-state index contributed by atoms with van der Waals surface area (Å²) in [6.07, 6.45) is 0. The van der Waals surface area contributed by atoms with Crippen molar-refractivity contribution in [1.82, 2.24) is 9.29 Å². The predicted molar refractivity (Wildman–Crippen MR) is 81.6 cm³/mol. The van der Waals surface area contributed by atoms with Crippen LogP contribution >= 0.6 is 11.3 Å². The molecule has 0 unspecified atom stereocenters. The third kappa shape index (κ3) is 3.03. The Morgan fingerprint density at radius 1 is 1.33 bits per heavy atom. The zero-order valence-corrected chi connectivity index (χ0v) is 14.1. The lowest BCUT2D eigenvalue weighted by atomic mass is 10.2. The molecular formula is C13H19N3O3S2. The standard InChI is InChI=1S/C13H19N3O3S2/c1-8-12(5-14)13(9(2)19-8)21(17,18)16(4)6-11-7-20-10(3)15-11/h7H,5-6,14H2,1-4H3. The molecule has 6 nitrogen and oxygen atoms in total. The maximum absolute atomic E-state index is 12.7. The van der Waals surface area contributed by atoms with Gasteiger partial charge in [0, 0.05) is 24.5 Å². The van der Waals surface area contributed by atoms with E-state index in [4.69, 9.17) is 10.2 Å². The number of furan rings is 1. The molecule has 0 aliphatic heterocycles. The Kier molecular flexibility index (Phi) is 4.52. The van der Waals surface area contributed by atoms with E-state index in [-0.39, 0.29) is 18.0 Å². The molecule has 0 saturated carbocycles. The van der Waals surface area contributed by atoms with Gasteiger partial charge in [0.1, 0.15) is 16.4 Å². The molecule has 0 fully saturated rings. The van der Waals surface area contributed by atoms with E-state index >= 15 is 0 Å². The number of hydrogen-bond acceptors (Lipinski definition) is 6. The number of sulfonamides is 1. The van der Waals surface area contributed by atoms with Gasteiger partial charge in [-0.15, -0.1) is 11.3 Å². The summed E-state index contributed by atoms with van der Waals surface area (Å²) in [5.74, 6) is 0.917. The lowest BCUT2D eigenvalue weighted by Crippen LogP contribution is -2.28. The van der Waals surface area contributed by atoms with Crippen LogP contribution in [0.1, 0.15) is 27.8 Å². The van der Waals surface area contributed by atoms with Gasteiger partial charge in [-0.1, -0.05) is 0 Å².